The smallest absolute Gasteiger partial charge is 0.329 e. The van der Waals surface area contributed by atoms with E-state index in [1.54, 1.807) is 18.2 Å². The van der Waals surface area contributed by atoms with Gasteiger partial charge in [0, 0.05) is 11.6 Å². The van der Waals surface area contributed by atoms with Crippen molar-refractivity contribution in [3.63, 3.8) is 0 Å². The van der Waals surface area contributed by atoms with Crippen LogP contribution in [0.3, 0.4) is 0 Å². The molecule has 1 saturated carbocycles. The summed E-state index contributed by atoms with van der Waals surface area (Å²) in [5.74, 6) is -1.30. The quantitative estimate of drug-likeness (QED) is 0.442. The van der Waals surface area contributed by atoms with E-state index in [0.29, 0.717) is 11.3 Å². The Morgan fingerprint density at radius 2 is 2.00 bits per heavy atom. The van der Waals surface area contributed by atoms with Gasteiger partial charge in [0.1, 0.15) is 0 Å². The van der Waals surface area contributed by atoms with E-state index in [-0.39, 0.29) is 11.8 Å². The van der Waals surface area contributed by atoms with E-state index in [0.717, 1.165) is 25.7 Å². The van der Waals surface area contributed by atoms with Crippen molar-refractivity contribution in [3.8, 4) is 11.5 Å². The Bertz CT molecular complexity index is 595. The van der Waals surface area contributed by atoms with E-state index in [2.05, 4.69) is 15.8 Å². The first-order valence-electron chi connectivity index (χ1n) is 7.61. The fraction of sp³-hybridized carbons (Fsp3) is 0.438. The van der Waals surface area contributed by atoms with Crippen LogP contribution >= 0.6 is 0 Å². The van der Waals surface area contributed by atoms with Gasteiger partial charge in [0.15, 0.2) is 11.5 Å². The van der Waals surface area contributed by atoms with E-state index < -0.39 is 11.8 Å². The van der Waals surface area contributed by atoms with E-state index in [1.165, 1.54) is 19.7 Å². The first-order valence-corrected chi connectivity index (χ1v) is 7.61. The largest absolute Gasteiger partial charge is 0.504 e. The van der Waals surface area contributed by atoms with Gasteiger partial charge in [0.25, 0.3) is 0 Å². The van der Waals surface area contributed by atoms with Crippen molar-refractivity contribution in [3.05, 3.63) is 23.8 Å². The summed E-state index contributed by atoms with van der Waals surface area (Å²) in [5, 5.41) is 16.3. The summed E-state index contributed by atoms with van der Waals surface area (Å²) < 4.78 is 4.97. The average Bonchev–Trinajstić information content (AvgIpc) is 2.57. The Kier molecular flexibility index (Phi) is 5.96. The normalized spacial score (nSPS) is 15.3. The molecule has 1 aromatic carbocycles. The standard InChI is InChI=1S/C16H21N3O4/c1-23-13-9-5-6-11(14(13)20)10-17-19-16(22)15(21)18-12-7-3-2-4-8-12/h5-6,9-10,12,20H,2-4,7-8H2,1H3,(H,18,21)(H,19,22)/b17-10+. The van der Waals surface area contributed by atoms with Gasteiger partial charge in [0.2, 0.25) is 0 Å². The first kappa shape index (κ1) is 16.8. The van der Waals surface area contributed by atoms with Gasteiger partial charge in [-0.15, -0.1) is 0 Å². The lowest BCUT2D eigenvalue weighted by Crippen LogP contribution is -2.44. The number of rotatable bonds is 4. The molecule has 0 aliphatic heterocycles. The number of nitrogens with one attached hydrogen (secondary N) is 2. The van der Waals surface area contributed by atoms with Gasteiger partial charge >= 0.3 is 11.8 Å². The lowest BCUT2D eigenvalue weighted by atomic mass is 9.95. The van der Waals surface area contributed by atoms with Crippen molar-refractivity contribution in [2.24, 2.45) is 5.10 Å². The maximum atomic E-state index is 11.8. The molecule has 1 aliphatic rings. The number of para-hydroxylation sites is 1. The summed E-state index contributed by atoms with van der Waals surface area (Å²) in [6.45, 7) is 0. The Morgan fingerprint density at radius 1 is 1.26 bits per heavy atom. The number of phenolic OH excluding ortho intramolecular Hbond substituents is 1. The second kappa shape index (κ2) is 8.17. The molecule has 0 atom stereocenters. The highest BCUT2D eigenvalue weighted by atomic mass is 16.5. The molecule has 23 heavy (non-hydrogen) atoms. The van der Waals surface area contributed by atoms with E-state index in [4.69, 9.17) is 4.74 Å². The number of aromatic hydroxyl groups is 1. The summed E-state index contributed by atoms with van der Waals surface area (Å²) in [6.07, 6.45) is 6.37. The van der Waals surface area contributed by atoms with E-state index in [1.807, 2.05) is 0 Å². The minimum Gasteiger partial charge on any atom is -0.504 e. The Hall–Kier alpha value is -2.57. The summed E-state index contributed by atoms with van der Waals surface area (Å²) in [6, 6.07) is 4.95. The van der Waals surface area contributed by atoms with Gasteiger partial charge in [-0.05, 0) is 25.0 Å². The van der Waals surface area contributed by atoms with Crippen LogP contribution in [0.25, 0.3) is 0 Å². The number of phenols is 1. The third kappa shape index (κ3) is 4.70. The van der Waals surface area contributed by atoms with Crippen LogP contribution in [0, 0.1) is 0 Å². The number of ether oxygens (including phenoxy) is 1. The molecule has 2 amide bonds. The van der Waals surface area contributed by atoms with Gasteiger partial charge in [-0.3, -0.25) is 9.59 Å². The molecule has 0 heterocycles. The molecule has 2 rings (SSSR count). The molecule has 0 saturated heterocycles. The minimum atomic E-state index is -0.825. The first-order chi connectivity index (χ1) is 11.1. The molecule has 3 N–H and O–H groups in total. The molecule has 1 aromatic rings. The number of hydrogen-bond acceptors (Lipinski definition) is 5. The monoisotopic (exact) mass is 319 g/mol. The van der Waals surface area contributed by atoms with Crippen LogP contribution in [0.15, 0.2) is 23.3 Å². The molecule has 0 radical (unpaired) electrons. The van der Waals surface area contributed by atoms with Gasteiger partial charge in [-0.2, -0.15) is 5.10 Å². The molecule has 1 aliphatic carbocycles. The summed E-state index contributed by atoms with van der Waals surface area (Å²) in [5.41, 5.74) is 2.52. The fourth-order valence-electron chi connectivity index (χ4n) is 2.52. The number of methoxy groups -OCH3 is 1. The van der Waals surface area contributed by atoms with Crippen LogP contribution in [0.5, 0.6) is 11.5 Å². The number of hydrogen-bond donors (Lipinski definition) is 3. The second-order valence-corrected chi connectivity index (χ2v) is 5.41. The molecular formula is C16H21N3O4. The number of nitrogens with zero attached hydrogens (tertiary/aromatic N) is 1. The molecule has 7 nitrogen and oxygen atoms in total. The van der Waals surface area contributed by atoms with Crippen molar-refractivity contribution in [1.29, 1.82) is 0 Å². The number of benzene rings is 1. The van der Waals surface area contributed by atoms with Crippen molar-refractivity contribution < 1.29 is 19.4 Å². The Labute approximate surface area is 134 Å². The average molecular weight is 319 g/mol. The third-order valence-corrected chi connectivity index (χ3v) is 3.77. The van der Waals surface area contributed by atoms with Gasteiger partial charge < -0.3 is 15.2 Å². The highest BCUT2D eigenvalue weighted by molar-refractivity contribution is 6.35. The SMILES string of the molecule is COc1cccc(/C=N/NC(=O)C(=O)NC2CCCCC2)c1O. The zero-order valence-corrected chi connectivity index (χ0v) is 13.0. The highest BCUT2D eigenvalue weighted by Crippen LogP contribution is 2.27. The summed E-state index contributed by atoms with van der Waals surface area (Å²) in [7, 11) is 1.44. The van der Waals surface area contributed by atoms with Crippen molar-refractivity contribution in [1.82, 2.24) is 10.7 Å². The lowest BCUT2D eigenvalue weighted by molar-refractivity contribution is -0.139. The summed E-state index contributed by atoms with van der Waals surface area (Å²) in [4.78, 5) is 23.4. The number of carbonyl (C=O) groups excluding carboxylic acids is 2. The van der Waals surface area contributed by atoms with Crippen molar-refractivity contribution >= 4 is 18.0 Å². The second-order valence-electron chi connectivity index (χ2n) is 5.41. The van der Waals surface area contributed by atoms with Crippen LogP contribution in [-0.4, -0.2) is 36.3 Å². The molecule has 124 valence electrons. The third-order valence-electron chi connectivity index (χ3n) is 3.77. The molecule has 0 unspecified atom stereocenters. The zero-order chi connectivity index (χ0) is 16.7. The van der Waals surface area contributed by atoms with Crippen LogP contribution < -0.4 is 15.5 Å². The van der Waals surface area contributed by atoms with Crippen LogP contribution in [0.4, 0.5) is 0 Å². The van der Waals surface area contributed by atoms with E-state index in [9.17, 15) is 14.7 Å². The predicted octanol–water partition coefficient (Wildman–Crippen LogP) is 1.30. The van der Waals surface area contributed by atoms with Gasteiger partial charge in [-0.25, -0.2) is 5.43 Å². The molecule has 0 aromatic heterocycles. The van der Waals surface area contributed by atoms with Crippen molar-refractivity contribution in [2.45, 2.75) is 38.1 Å². The van der Waals surface area contributed by atoms with Crippen LogP contribution in [0.1, 0.15) is 37.7 Å². The van der Waals surface area contributed by atoms with Gasteiger partial charge in [-0.1, -0.05) is 25.3 Å². The molecular weight excluding hydrogens is 298 g/mol. The number of amides is 2. The Balaban J connectivity index is 1.87. The van der Waals surface area contributed by atoms with Crippen LogP contribution in [-0.2, 0) is 9.59 Å². The molecule has 7 heteroatoms. The highest BCUT2D eigenvalue weighted by Gasteiger charge is 2.19. The van der Waals surface area contributed by atoms with E-state index >= 15 is 0 Å². The Morgan fingerprint density at radius 3 is 2.70 bits per heavy atom. The lowest BCUT2D eigenvalue weighted by Gasteiger charge is -2.22. The fourth-order valence-corrected chi connectivity index (χ4v) is 2.52. The van der Waals surface area contributed by atoms with Crippen LogP contribution in [0.2, 0.25) is 0 Å². The molecule has 0 spiro atoms. The maximum Gasteiger partial charge on any atom is 0.329 e. The summed E-state index contributed by atoms with van der Waals surface area (Å²) >= 11 is 0. The predicted molar refractivity (Wildman–Crippen MR) is 85.4 cm³/mol. The maximum absolute atomic E-state index is 11.8. The number of hydrazone groups is 1. The zero-order valence-electron chi connectivity index (χ0n) is 13.0. The molecule has 0 bridgehead atoms. The molecule has 1 fully saturated rings. The van der Waals surface area contributed by atoms with Crippen molar-refractivity contribution in [2.75, 3.05) is 7.11 Å². The van der Waals surface area contributed by atoms with Gasteiger partial charge in [0.05, 0.1) is 13.3 Å². The number of carbonyl (C=O) groups is 2. The minimum absolute atomic E-state index is 0.0633. The topological polar surface area (TPSA) is 100 Å².